The van der Waals surface area contributed by atoms with Crippen LogP contribution in [-0.4, -0.2) is 0 Å². The quantitative estimate of drug-likeness (QED) is 0.169. The molecule has 1 heteroatoms. The Morgan fingerprint density at radius 1 is 0.509 bits per heavy atom. The van der Waals surface area contributed by atoms with E-state index in [1.807, 2.05) is 0 Å². The predicted molar refractivity (Wildman–Crippen MR) is 222 cm³/mol. The summed E-state index contributed by atoms with van der Waals surface area (Å²) in [4.78, 5) is 0. The van der Waals surface area contributed by atoms with E-state index in [2.05, 4.69) is 182 Å². The van der Waals surface area contributed by atoms with Gasteiger partial charge in [0.25, 0.3) is 0 Å². The molecule has 0 saturated carbocycles. The fourth-order valence-corrected chi connectivity index (χ4v) is 9.54. The molecule has 0 saturated heterocycles. The number of benzene rings is 6. The number of rotatable bonds is 4. The first-order valence-corrected chi connectivity index (χ1v) is 19.0. The summed E-state index contributed by atoms with van der Waals surface area (Å²) in [5, 5.41) is 3.70. The van der Waals surface area contributed by atoms with Crippen molar-refractivity contribution in [2.75, 3.05) is 0 Å². The normalized spacial score (nSPS) is 20.9. The lowest BCUT2D eigenvalue weighted by atomic mass is 9.64. The van der Waals surface area contributed by atoms with Crippen molar-refractivity contribution in [2.24, 2.45) is 17.8 Å². The third-order valence-electron chi connectivity index (χ3n) is 12.1. The minimum absolute atomic E-state index is 0.406. The topological polar surface area (TPSA) is 13.1 Å². The van der Waals surface area contributed by atoms with Gasteiger partial charge in [0.1, 0.15) is 11.3 Å². The van der Waals surface area contributed by atoms with Crippen LogP contribution in [0.3, 0.4) is 0 Å². The van der Waals surface area contributed by atoms with Crippen LogP contribution < -0.4 is 0 Å². The van der Waals surface area contributed by atoms with Crippen molar-refractivity contribution in [3.8, 4) is 33.4 Å². The summed E-state index contributed by atoms with van der Waals surface area (Å²) in [5.41, 5.74) is 14.9. The van der Waals surface area contributed by atoms with E-state index in [9.17, 15) is 0 Å². The first-order chi connectivity index (χ1) is 26.2. The fourth-order valence-electron chi connectivity index (χ4n) is 9.54. The highest BCUT2D eigenvalue weighted by atomic mass is 16.3. The second kappa shape index (κ2) is 12.2. The first kappa shape index (κ1) is 30.4. The number of fused-ring (bicyclic) bond motifs is 10. The van der Waals surface area contributed by atoms with E-state index in [1.54, 1.807) is 0 Å². The molecule has 1 aromatic heterocycles. The molecule has 0 aliphatic heterocycles. The summed E-state index contributed by atoms with van der Waals surface area (Å²) >= 11 is 0. The molecular formula is C52H38O. The molecule has 4 aliphatic carbocycles. The highest BCUT2D eigenvalue weighted by Crippen LogP contribution is 2.48. The molecule has 6 aromatic carbocycles. The van der Waals surface area contributed by atoms with Crippen molar-refractivity contribution in [1.29, 1.82) is 0 Å². The molecule has 4 unspecified atom stereocenters. The highest BCUT2D eigenvalue weighted by Gasteiger charge is 2.36. The zero-order chi connectivity index (χ0) is 34.9. The van der Waals surface area contributed by atoms with E-state index in [1.165, 1.54) is 77.4 Å². The second-order valence-corrected chi connectivity index (χ2v) is 15.1. The SMILES string of the molecule is C1=CC2C=CC3c4ccc(-c5cc(-c6ccccc6)cc(-c6cc7oc8c(c7c7ccccc67)C=C(c6ccccc6)CC8)c5)cc4C=CC3C2C=C1. The van der Waals surface area contributed by atoms with E-state index < -0.39 is 0 Å². The number of hydrogen-bond donors (Lipinski definition) is 0. The molecule has 0 spiro atoms. The van der Waals surface area contributed by atoms with Gasteiger partial charge in [-0.1, -0.05) is 146 Å². The lowest BCUT2D eigenvalue weighted by molar-refractivity contribution is 0.364. The summed E-state index contributed by atoms with van der Waals surface area (Å²) in [6.07, 6.45) is 23.2. The standard InChI is InChI=1S/C52H38O/c1-3-11-33(12-4-1)37-22-26-50-49(31-37)52-47-18-10-9-17-44(47)48(32-51(52)53-50)41-29-39(34-13-5-2-6-14-34)28-40(30-41)36-20-23-43-38(27-36)21-25-45-42-16-8-7-15-35(42)19-24-46(43)45/h1-21,23-25,27-32,35,42,45-46H,22,26H2. The van der Waals surface area contributed by atoms with Crippen molar-refractivity contribution in [3.05, 3.63) is 198 Å². The van der Waals surface area contributed by atoms with Crippen molar-refractivity contribution in [3.63, 3.8) is 0 Å². The van der Waals surface area contributed by atoms with Crippen LogP contribution in [0.4, 0.5) is 0 Å². The molecule has 252 valence electrons. The van der Waals surface area contributed by atoms with E-state index in [0.717, 1.165) is 24.2 Å². The number of aryl methyl sites for hydroxylation is 1. The van der Waals surface area contributed by atoms with Gasteiger partial charge in [0.2, 0.25) is 0 Å². The van der Waals surface area contributed by atoms with Crippen LogP contribution in [0.2, 0.25) is 0 Å². The lowest BCUT2D eigenvalue weighted by Crippen LogP contribution is -2.29. The minimum Gasteiger partial charge on any atom is -0.460 e. The van der Waals surface area contributed by atoms with E-state index in [-0.39, 0.29) is 0 Å². The average molecular weight is 679 g/mol. The molecule has 53 heavy (non-hydrogen) atoms. The van der Waals surface area contributed by atoms with Gasteiger partial charge in [-0.2, -0.15) is 0 Å². The summed E-state index contributed by atoms with van der Waals surface area (Å²) in [6.45, 7) is 0. The van der Waals surface area contributed by atoms with Gasteiger partial charge in [0, 0.05) is 29.2 Å². The van der Waals surface area contributed by atoms with Crippen molar-refractivity contribution in [2.45, 2.75) is 18.8 Å². The summed E-state index contributed by atoms with van der Waals surface area (Å²) in [7, 11) is 0. The molecule has 0 amide bonds. The van der Waals surface area contributed by atoms with Gasteiger partial charge in [-0.05, 0) is 121 Å². The Kier molecular flexibility index (Phi) is 7.01. The predicted octanol–water partition coefficient (Wildman–Crippen LogP) is 13.7. The molecule has 11 rings (SSSR count). The zero-order valence-corrected chi connectivity index (χ0v) is 29.5. The van der Waals surface area contributed by atoms with Gasteiger partial charge in [-0.3, -0.25) is 0 Å². The van der Waals surface area contributed by atoms with Crippen molar-refractivity contribution >= 4 is 39.5 Å². The largest absolute Gasteiger partial charge is 0.460 e. The summed E-state index contributed by atoms with van der Waals surface area (Å²) in [6, 6.07) is 47.0. The second-order valence-electron chi connectivity index (χ2n) is 15.1. The van der Waals surface area contributed by atoms with Gasteiger partial charge in [-0.25, -0.2) is 0 Å². The van der Waals surface area contributed by atoms with Gasteiger partial charge in [-0.15, -0.1) is 0 Å². The molecule has 1 heterocycles. The zero-order valence-electron chi connectivity index (χ0n) is 29.5. The van der Waals surface area contributed by atoms with Crippen LogP contribution in [0.1, 0.15) is 40.4 Å². The molecule has 1 nitrogen and oxygen atoms in total. The summed E-state index contributed by atoms with van der Waals surface area (Å²) in [5.74, 6) is 3.01. The Labute approximate surface area is 310 Å². The van der Waals surface area contributed by atoms with Crippen molar-refractivity contribution in [1.82, 2.24) is 0 Å². The maximum atomic E-state index is 6.75. The Balaban J connectivity index is 1.06. The van der Waals surface area contributed by atoms with Crippen LogP contribution in [0, 0.1) is 17.8 Å². The molecule has 4 atom stereocenters. The van der Waals surface area contributed by atoms with Crippen LogP contribution in [0.25, 0.3) is 72.8 Å². The van der Waals surface area contributed by atoms with E-state index in [4.69, 9.17) is 4.42 Å². The Morgan fingerprint density at radius 2 is 1.25 bits per heavy atom. The van der Waals surface area contributed by atoms with Gasteiger partial charge in [0.05, 0.1) is 0 Å². The summed E-state index contributed by atoms with van der Waals surface area (Å²) < 4.78 is 6.75. The maximum Gasteiger partial charge on any atom is 0.136 e. The Hall–Kier alpha value is -6.18. The third kappa shape index (κ3) is 5.06. The minimum atomic E-state index is 0.406. The van der Waals surface area contributed by atoms with Gasteiger partial charge >= 0.3 is 0 Å². The number of furan rings is 1. The molecular weight excluding hydrogens is 641 g/mol. The molecule has 0 fully saturated rings. The highest BCUT2D eigenvalue weighted by molar-refractivity contribution is 6.16. The van der Waals surface area contributed by atoms with Crippen LogP contribution >= 0.6 is 0 Å². The molecule has 7 aromatic rings. The smallest absolute Gasteiger partial charge is 0.136 e. The van der Waals surface area contributed by atoms with Gasteiger partial charge in [0.15, 0.2) is 0 Å². The average Bonchev–Trinajstić information content (AvgIpc) is 3.61. The third-order valence-corrected chi connectivity index (χ3v) is 12.1. The monoisotopic (exact) mass is 678 g/mol. The van der Waals surface area contributed by atoms with Crippen LogP contribution in [0.15, 0.2) is 174 Å². The van der Waals surface area contributed by atoms with E-state index >= 15 is 0 Å². The van der Waals surface area contributed by atoms with Crippen LogP contribution in [0.5, 0.6) is 0 Å². The molecule has 0 radical (unpaired) electrons. The Bertz CT molecular complexity index is 2730. The maximum absolute atomic E-state index is 6.75. The van der Waals surface area contributed by atoms with Crippen molar-refractivity contribution < 1.29 is 4.42 Å². The van der Waals surface area contributed by atoms with Gasteiger partial charge < -0.3 is 4.42 Å². The number of allylic oxidation sites excluding steroid dienone is 8. The molecule has 0 bridgehead atoms. The Morgan fingerprint density at radius 3 is 2.09 bits per heavy atom. The molecule has 4 aliphatic rings. The molecule has 0 N–H and O–H groups in total. The van der Waals surface area contributed by atoms with Crippen LogP contribution in [-0.2, 0) is 6.42 Å². The first-order valence-electron chi connectivity index (χ1n) is 19.0. The van der Waals surface area contributed by atoms with E-state index in [0.29, 0.717) is 23.7 Å². The number of hydrogen-bond acceptors (Lipinski definition) is 1. The fraction of sp³-hybridized carbons (Fsp3) is 0.115. The lowest BCUT2D eigenvalue weighted by Gasteiger charge is -2.39.